The summed E-state index contributed by atoms with van der Waals surface area (Å²) in [5, 5.41) is 0. The third-order valence-electron chi connectivity index (χ3n) is 4.75. The lowest BCUT2D eigenvalue weighted by Crippen LogP contribution is -2.36. The number of rotatable bonds is 4. The molecule has 3 rings (SSSR count). The maximum absolute atomic E-state index is 2.50. The van der Waals surface area contributed by atoms with Gasteiger partial charge in [0.25, 0.3) is 0 Å². The van der Waals surface area contributed by atoms with Crippen LogP contribution >= 0.6 is 0 Å². The zero-order valence-electron chi connectivity index (χ0n) is 14.5. The van der Waals surface area contributed by atoms with Gasteiger partial charge in [-0.05, 0) is 80.5 Å². The topological polar surface area (TPSA) is 3.24 Å². The smallest absolute Gasteiger partial charge is 0.0374 e. The van der Waals surface area contributed by atoms with Crippen molar-refractivity contribution in [1.82, 2.24) is 0 Å². The summed E-state index contributed by atoms with van der Waals surface area (Å²) >= 11 is 0. The van der Waals surface area contributed by atoms with E-state index in [0.717, 1.165) is 12.8 Å². The highest BCUT2D eigenvalue weighted by atomic mass is 15.2. The summed E-state index contributed by atoms with van der Waals surface area (Å²) in [6, 6.07) is 15.0. The predicted octanol–water partition coefficient (Wildman–Crippen LogP) is 5.44. The van der Waals surface area contributed by atoms with Gasteiger partial charge in [0, 0.05) is 17.8 Å². The van der Waals surface area contributed by atoms with Crippen molar-refractivity contribution in [1.29, 1.82) is 0 Å². The third-order valence-corrected chi connectivity index (χ3v) is 4.75. The lowest BCUT2D eigenvalue weighted by Gasteiger charge is -2.33. The van der Waals surface area contributed by atoms with Crippen LogP contribution in [-0.4, -0.2) is 12.1 Å². The fraction of sp³-hybridized carbons (Fsp3) is 0.429. The van der Waals surface area contributed by atoms with Crippen LogP contribution in [0, 0.1) is 0 Å². The van der Waals surface area contributed by atoms with Crippen molar-refractivity contribution < 1.29 is 0 Å². The summed E-state index contributed by atoms with van der Waals surface area (Å²) < 4.78 is 0. The van der Waals surface area contributed by atoms with E-state index in [9.17, 15) is 0 Å². The van der Waals surface area contributed by atoms with Crippen LogP contribution in [0.15, 0.2) is 36.4 Å². The highest BCUT2D eigenvalue weighted by Gasteiger charge is 2.21. The molecule has 1 aliphatic rings. The molecule has 116 valence electrons. The molecule has 0 saturated heterocycles. The number of fused-ring (bicyclic) bond motifs is 3. The molecule has 2 aromatic rings. The van der Waals surface area contributed by atoms with Crippen LogP contribution in [-0.2, 0) is 12.8 Å². The second-order valence-corrected chi connectivity index (χ2v) is 6.96. The van der Waals surface area contributed by atoms with Gasteiger partial charge in [0.05, 0.1) is 0 Å². The molecular formula is C21H27N. The quantitative estimate of drug-likeness (QED) is 0.619. The molecule has 1 aliphatic carbocycles. The Morgan fingerprint density at radius 1 is 0.864 bits per heavy atom. The van der Waals surface area contributed by atoms with Gasteiger partial charge in [0.1, 0.15) is 0 Å². The Morgan fingerprint density at radius 3 is 2.05 bits per heavy atom. The number of nitrogens with zero attached hydrogens (tertiary/aromatic N) is 1. The molecule has 0 saturated carbocycles. The summed E-state index contributed by atoms with van der Waals surface area (Å²) in [6.45, 7) is 11.3. The summed E-state index contributed by atoms with van der Waals surface area (Å²) in [4.78, 5) is 2.50. The lowest BCUT2D eigenvalue weighted by molar-refractivity contribution is 0.608. The Hall–Kier alpha value is -1.76. The van der Waals surface area contributed by atoms with Gasteiger partial charge in [0.15, 0.2) is 0 Å². The molecule has 0 N–H and O–H groups in total. The van der Waals surface area contributed by atoms with Gasteiger partial charge in [-0.1, -0.05) is 31.2 Å². The second-order valence-electron chi connectivity index (χ2n) is 6.96. The molecule has 1 heteroatoms. The molecular weight excluding hydrogens is 266 g/mol. The summed E-state index contributed by atoms with van der Waals surface area (Å²) in [7, 11) is 0. The van der Waals surface area contributed by atoms with E-state index >= 15 is 0 Å². The Kier molecular flexibility index (Phi) is 3.99. The fourth-order valence-electron chi connectivity index (χ4n) is 3.82. The van der Waals surface area contributed by atoms with Crippen LogP contribution in [0.5, 0.6) is 0 Å². The van der Waals surface area contributed by atoms with Gasteiger partial charge < -0.3 is 4.90 Å². The van der Waals surface area contributed by atoms with E-state index in [0.29, 0.717) is 12.1 Å². The molecule has 0 aliphatic heterocycles. The summed E-state index contributed by atoms with van der Waals surface area (Å²) in [6.07, 6.45) is 2.19. The molecule has 0 atom stereocenters. The number of hydrogen-bond acceptors (Lipinski definition) is 1. The van der Waals surface area contributed by atoms with E-state index in [1.165, 1.54) is 33.5 Å². The zero-order chi connectivity index (χ0) is 15.9. The first-order valence-electron chi connectivity index (χ1n) is 8.54. The van der Waals surface area contributed by atoms with Gasteiger partial charge in [0.2, 0.25) is 0 Å². The van der Waals surface area contributed by atoms with Crippen LogP contribution in [0.2, 0.25) is 0 Å². The first kappa shape index (κ1) is 15.1. The standard InChI is InChI=1S/C21H27N/c1-6-16-7-9-20-17(11-16)12-18-13-19(8-10-21(18)20)22(14(2)3)15(4)5/h7-11,13-15H,6,12H2,1-5H3. The van der Waals surface area contributed by atoms with Crippen molar-refractivity contribution in [3.05, 3.63) is 53.1 Å². The highest BCUT2D eigenvalue weighted by Crippen LogP contribution is 2.39. The van der Waals surface area contributed by atoms with Crippen molar-refractivity contribution in [2.24, 2.45) is 0 Å². The lowest BCUT2D eigenvalue weighted by atomic mass is 10.0. The van der Waals surface area contributed by atoms with Crippen molar-refractivity contribution >= 4 is 5.69 Å². The van der Waals surface area contributed by atoms with Gasteiger partial charge >= 0.3 is 0 Å². The average molecular weight is 293 g/mol. The largest absolute Gasteiger partial charge is 0.367 e. The molecule has 0 fully saturated rings. The molecule has 0 aromatic heterocycles. The van der Waals surface area contributed by atoms with Gasteiger partial charge in [-0.2, -0.15) is 0 Å². The number of anilines is 1. The predicted molar refractivity (Wildman–Crippen MR) is 96.8 cm³/mol. The summed E-state index contributed by atoms with van der Waals surface area (Å²) in [5.74, 6) is 0. The van der Waals surface area contributed by atoms with Gasteiger partial charge in [-0.3, -0.25) is 0 Å². The Bertz CT molecular complexity index is 674. The van der Waals surface area contributed by atoms with Crippen molar-refractivity contribution in [3.63, 3.8) is 0 Å². The van der Waals surface area contributed by atoms with Crippen molar-refractivity contribution in [2.75, 3.05) is 4.90 Å². The fourth-order valence-corrected chi connectivity index (χ4v) is 3.82. The van der Waals surface area contributed by atoms with Crippen LogP contribution < -0.4 is 4.90 Å². The Morgan fingerprint density at radius 2 is 1.45 bits per heavy atom. The van der Waals surface area contributed by atoms with Crippen molar-refractivity contribution in [2.45, 2.75) is 59.5 Å². The van der Waals surface area contributed by atoms with E-state index in [-0.39, 0.29) is 0 Å². The number of hydrogen-bond donors (Lipinski definition) is 0. The van der Waals surface area contributed by atoms with Crippen LogP contribution in [0.4, 0.5) is 5.69 Å². The normalized spacial score (nSPS) is 12.7. The SMILES string of the molecule is CCc1ccc2c(c1)Cc1cc(N(C(C)C)C(C)C)ccc1-2. The molecule has 22 heavy (non-hydrogen) atoms. The van der Waals surface area contributed by atoms with E-state index in [2.05, 4.69) is 75.9 Å². The minimum absolute atomic E-state index is 0.522. The Labute approximate surface area is 135 Å². The molecule has 0 bridgehead atoms. The first-order valence-corrected chi connectivity index (χ1v) is 8.54. The molecule has 0 radical (unpaired) electrons. The maximum Gasteiger partial charge on any atom is 0.0374 e. The first-order chi connectivity index (χ1) is 10.5. The van der Waals surface area contributed by atoms with E-state index in [1.807, 2.05) is 0 Å². The van der Waals surface area contributed by atoms with Crippen molar-refractivity contribution in [3.8, 4) is 11.1 Å². The monoisotopic (exact) mass is 293 g/mol. The second kappa shape index (κ2) is 5.79. The number of benzene rings is 2. The van der Waals surface area contributed by atoms with E-state index in [4.69, 9.17) is 0 Å². The average Bonchev–Trinajstić information content (AvgIpc) is 2.82. The molecule has 2 aromatic carbocycles. The molecule has 0 unspecified atom stereocenters. The van der Waals surface area contributed by atoms with E-state index < -0.39 is 0 Å². The van der Waals surface area contributed by atoms with Crippen LogP contribution in [0.3, 0.4) is 0 Å². The molecule has 0 spiro atoms. The minimum Gasteiger partial charge on any atom is -0.367 e. The van der Waals surface area contributed by atoms with Crippen LogP contribution in [0.1, 0.15) is 51.3 Å². The number of aryl methyl sites for hydroxylation is 1. The minimum atomic E-state index is 0.522. The zero-order valence-corrected chi connectivity index (χ0v) is 14.5. The Balaban J connectivity index is 1.99. The molecule has 0 heterocycles. The molecule has 1 nitrogen and oxygen atoms in total. The summed E-state index contributed by atoms with van der Waals surface area (Å²) in [5.41, 5.74) is 8.62. The highest BCUT2D eigenvalue weighted by molar-refractivity contribution is 5.79. The van der Waals surface area contributed by atoms with E-state index in [1.54, 1.807) is 0 Å². The van der Waals surface area contributed by atoms with Gasteiger partial charge in [-0.15, -0.1) is 0 Å². The van der Waals surface area contributed by atoms with Gasteiger partial charge in [-0.25, -0.2) is 0 Å². The maximum atomic E-state index is 2.50. The third kappa shape index (κ3) is 2.54. The molecule has 0 amide bonds. The van der Waals surface area contributed by atoms with Crippen LogP contribution in [0.25, 0.3) is 11.1 Å².